The lowest BCUT2D eigenvalue weighted by atomic mass is 10.2. The fraction of sp³-hybridized carbons (Fsp3) is 0.125. The minimum absolute atomic E-state index is 0.507. The number of nitrogens with one attached hydrogen (secondary N) is 1. The van der Waals surface area contributed by atoms with Gasteiger partial charge < -0.3 is 9.72 Å². The monoisotopic (exact) mass is 271 g/mol. The van der Waals surface area contributed by atoms with Crippen LogP contribution >= 0.6 is 11.6 Å². The number of hydrogen-bond acceptors (Lipinski definition) is 1. The lowest BCUT2D eigenvalue weighted by molar-refractivity contribution is 0.307. The molecule has 96 valence electrons. The number of aromatic nitrogens is 1. The van der Waals surface area contributed by atoms with E-state index in [0.717, 1.165) is 27.2 Å². The third-order valence-electron chi connectivity index (χ3n) is 3.12. The predicted octanol–water partition coefficient (Wildman–Crippen LogP) is 4.71. The Bertz CT molecular complexity index is 718. The summed E-state index contributed by atoms with van der Waals surface area (Å²) in [6.07, 6.45) is 1.95. The van der Waals surface area contributed by atoms with Crippen LogP contribution in [0.5, 0.6) is 5.75 Å². The summed E-state index contributed by atoms with van der Waals surface area (Å²) in [5.74, 6) is 0.876. The molecule has 0 unspecified atom stereocenters. The van der Waals surface area contributed by atoms with Crippen LogP contribution in [-0.4, -0.2) is 4.98 Å². The molecule has 0 spiro atoms. The largest absolute Gasteiger partial charge is 0.489 e. The van der Waals surface area contributed by atoms with Crippen molar-refractivity contribution in [3.63, 3.8) is 0 Å². The normalized spacial score (nSPS) is 10.8. The van der Waals surface area contributed by atoms with Gasteiger partial charge in [-0.15, -0.1) is 0 Å². The highest BCUT2D eigenvalue weighted by Crippen LogP contribution is 2.27. The second-order valence-corrected chi connectivity index (χ2v) is 4.99. The van der Waals surface area contributed by atoms with Crippen molar-refractivity contribution in [2.75, 3.05) is 0 Å². The van der Waals surface area contributed by atoms with E-state index in [-0.39, 0.29) is 0 Å². The van der Waals surface area contributed by atoms with E-state index in [1.807, 2.05) is 42.6 Å². The maximum atomic E-state index is 6.23. The first-order valence-electron chi connectivity index (χ1n) is 6.18. The molecule has 0 saturated heterocycles. The fourth-order valence-electron chi connectivity index (χ4n) is 2.19. The molecule has 1 aromatic heterocycles. The van der Waals surface area contributed by atoms with Gasteiger partial charge in [0.05, 0.1) is 5.02 Å². The van der Waals surface area contributed by atoms with Gasteiger partial charge in [-0.25, -0.2) is 0 Å². The van der Waals surface area contributed by atoms with Crippen LogP contribution in [0.4, 0.5) is 0 Å². The number of halogens is 1. The van der Waals surface area contributed by atoms with Crippen molar-refractivity contribution in [2.45, 2.75) is 13.5 Å². The number of benzene rings is 2. The molecule has 0 aliphatic heterocycles. The predicted molar refractivity (Wildman–Crippen MR) is 78.8 cm³/mol. The first-order chi connectivity index (χ1) is 9.24. The highest BCUT2D eigenvalue weighted by molar-refractivity contribution is 6.35. The molecule has 0 fully saturated rings. The van der Waals surface area contributed by atoms with E-state index in [0.29, 0.717) is 6.61 Å². The Morgan fingerprint density at radius 1 is 1.16 bits per heavy atom. The van der Waals surface area contributed by atoms with Crippen LogP contribution in [0.2, 0.25) is 5.02 Å². The van der Waals surface area contributed by atoms with Crippen molar-refractivity contribution < 1.29 is 4.74 Å². The number of H-pyrrole nitrogens is 1. The zero-order valence-electron chi connectivity index (χ0n) is 10.6. The first kappa shape index (κ1) is 12.1. The fourth-order valence-corrected chi connectivity index (χ4v) is 2.48. The van der Waals surface area contributed by atoms with E-state index in [1.54, 1.807) is 0 Å². The third-order valence-corrected chi connectivity index (χ3v) is 3.44. The van der Waals surface area contributed by atoms with Gasteiger partial charge in [-0.1, -0.05) is 29.8 Å². The van der Waals surface area contributed by atoms with Crippen LogP contribution in [0.25, 0.3) is 10.9 Å². The molecule has 19 heavy (non-hydrogen) atoms. The molecule has 0 saturated carbocycles. The molecule has 0 bridgehead atoms. The zero-order valence-corrected chi connectivity index (χ0v) is 11.4. The van der Waals surface area contributed by atoms with Gasteiger partial charge in [0.15, 0.2) is 0 Å². The smallest absolute Gasteiger partial charge is 0.120 e. The number of fused-ring (bicyclic) bond motifs is 1. The summed E-state index contributed by atoms with van der Waals surface area (Å²) < 4.78 is 5.82. The first-order valence-corrected chi connectivity index (χ1v) is 6.56. The Hall–Kier alpha value is -1.93. The molecule has 1 heterocycles. The Labute approximate surface area is 117 Å². The van der Waals surface area contributed by atoms with Crippen molar-refractivity contribution >= 4 is 22.5 Å². The summed E-state index contributed by atoms with van der Waals surface area (Å²) in [6.45, 7) is 2.56. The Morgan fingerprint density at radius 2 is 2.00 bits per heavy atom. The van der Waals surface area contributed by atoms with Gasteiger partial charge in [0.1, 0.15) is 12.4 Å². The van der Waals surface area contributed by atoms with Gasteiger partial charge in [-0.2, -0.15) is 0 Å². The van der Waals surface area contributed by atoms with Crippen molar-refractivity contribution in [2.24, 2.45) is 0 Å². The molecule has 2 nitrogen and oxygen atoms in total. The van der Waals surface area contributed by atoms with E-state index in [1.165, 1.54) is 5.56 Å². The van der Waals surface area contributed by atoms with Gasteiger partial charge >= 0.3 is 0 Å². The Kier molecular flexibility index (Phi) is 3.18. The number of aromatic amines is 1. The van der Waals surface area contributed by atoms with Crippen molar-refractivity contribution in [3.8, 4) is 5.75 Å². The average Bonchev–Trinajstić information content (AvgIpc) is 2.81. The summed E-state index contributed by atoms with van der Waals surface area (Å²) in [5, 5.41) is 1.79. The second-order valence-electron chi connectivity index (χ2n) is 4.58. The second kappa shape index (κ2) is 4.98. The number of ether oxygens (including phenoxy) is 1. The van der Waals surface area contributed by atoms with E-state index in [9.17, 15) is 0 Å². The Morgan fingerprint density at radius 3 is 2.84 bits per heavy atom. The minimum Gasteiger partial charge on any atom is -0.489 e. The van der Waals surface area contributed by atoms with Crippen LogP contribution in [0.3, 0.4) is 0 Å². The van der Waals surface area contributed by atoms with Crippen molar-refractivity contribution in [1.29, 1.82) is 0 Å². The summed E-state index contributed by atoms with van der Waals surface area (Å²) in [4.78, 5) is 3.21. The molecular weight excluding hydrogens is 258 g/mol. The number of rotatable bonds is 3. The molecule has 0 radical (unpaired) electrons. The van der Waals surface area contributed by atoms with E-state index in [4.69, 9.17) is 16.3 Å². The molecule has 0 atom stereocenters. The van der Waals surface area contributed by atoms with Gasteiger partial charge in [0.25, 0.3) is 0 Å². The van der Waals surface area contributed by atoms with E-state index in [2.05, 4.69) is 18.0 Å². The summed E-state index contributed by atoms with van der Waals surface area (Å²) >= 11 is 6.23. The third kappa shape index (κ3) is 2.45. The topological polar surface area (TPSA) is 25.0 Å². The van der Waals surface area contributed by atoms with Gasteiger partial charge in [0.2, 0.25) is 0 Å². The number of aryl methyl sites for hydroxylation is 1. The minimum atomic E-state index is 0.507. The molecule has 0 aliphatic rings. The van der Waals surface area contributed by atoms with Crippen LogP contribution in [0.15, 0.2) is 48.7 Å². The summed E-state index contributed by atoms with van der Waals surface area (Å²) in [7, 11) is 0. The SMILES string of the molecule is Cc1cccc(OCc2c[nH]c3cccc(Cl)c23)c1. The maximum Gasteiger partial charge on any atom is 0.120 e. The van der Waals surface area contributed by atoms with Crippen molar-refractivity contribution in [3.05, 3.63) is 64.8 Å². The molecule has 0 amide bonds. The average molecular weight is 272 g/mol. The van der Waals surface area contributed by atoms with Crippen LogP contribution in [0.1, 0.15) is 11.1 Å². The van der Waals surface area contributed by atoms with Crippen LogP contribution in [-0.2, 0) is 6.61 Å². The lowest BCUT2D eigenvalue weighted by Gasteiger charge is -2.06. The molecule has 3 rings (SSSR count). The van der Waals surface area contributed by atoms with Crippen LogP contribution in [0, 0.1) is 6.92 Å². The quantitative estimate of drug-likeness (QED) is 0.733. The number of hydrogen-bond donors (Lipinski definition) is 1. The van der Waals surface area contributed by atoms with Crippen molar-refractivity contribution in [1.82, 2.24) is 4.98 Å². The molecular formula is C16H14ClNO. The van der Waals surface area contributed by atoms with Gasteiger partial charge in [0, 0.05) is 22.7 Å². The van der Waals surface area contributed by atoms with E-state index >= 15 is 0 Å². The maximum absolute atomic E-state index is 6.23. The summed E-state index contributed by atoms with van der Waals surface area (Å²) in [5.41, 5.74) is 3.30. The molecule has 1 N–H and O–H groups in total. The molecule has 0 aliphatic carbocycles. The molecule has 3 heteroatoms. The molecule has 3 aromatic rings. The van der Waals surface area contributed by atoms with Gasteiger partial charge in [-0.05, 0) is 36.8 Å². The standard InChI is InChI=1S/C16H14ClNO/c1-11-4-2-5-13(8-11)19-10-12-9-18-15-7-3-6-14(17)16(12)15/h2-9,18H,10H2,1H3. The van der Waals surface area contributed by atoms with E-state index < -0.39 is 0 Å². The molecule has 2 aromatic carbocycles. The van der Waals surface area contributed by atoms with Gasteiger partial charge in [-0.3, -0.25) is 0 Å². The highest BCUT2D eigenvalue weighted by Gasteiger charge is 2.07. The zero-order chi connectivity index (χ0) is 13.2. The van der Waals surface area contributed by atoms with Crippen LogP contribution < -0.4 is 4.74 Å². The summed E-state index contributed by atoms with van der Waals surface area (Å²) in [6, 6.07) is 13.9. The highest BCUT2D eigenvalue weighted by atomic mass is 35.5. The lowest BCUT2D eigenvalue weighted by Crippen LogP contribution is -1.94. The Balaban J connectivity index is 1.86.